The molecule has 0 saturated carbocycles. The summed E-state index contributed by atoms with van der Waals surface area (Å²) in [5, 5.41) is 3.99. The minimum absolute atomic E-state index is 0.123. The topological polar surface area (TPSA) is 53.9 Å². The Bertz CT molecular complexity index is 511. The molecule has 1 aliphatic rings. The van der Waals surface area contributed by atoms with E-state index in [1.54, 1.807) is 6.08 Å². The number of halogens is 1. The van der Waals surface area contributed by atoms with E-state index < -0.39 is 0 Å². The first-order chi connectivity index (χ1) is 10.2. The summed E-state index contributed by atoms with van der Waals surface area (Å²) in [7, 11) is 0. The first kappa shape index (κ1) is 15.9. The van der Waals surface area contributed by atoms with Crippen LogP contribution in [0.4, 0.5) is 0 Å². The van der Waals surface area contributed by atoms with Crippen molar-refractivity contribution in [2.45, 2.75) is 0 Å². The molecule has 2 rings (SSSR count). The Balaban J connectivity index is 1.77. The zero-order valence-electron chi connectivity index (χ0n) is 11.7. The van der Waals surface area contributed by atoms with E-state index in [1.165, 1.54) is 0 Å². The summed E-state index contributed by atoms with van der Waals surface area (Å²) < 4.78 is 5.81. The Hall–Kier alpha value is -1.50. The van der Waals surface area contributed by atoms with Crippen molar-refractivity contribution in [1.29, 1.82) is 0 Å². The normalized spacial score (nSPS) is 17.1. The molecule has 1 aromatic carbocycles. The van der Waals surface area contributed by atoms with Crippen LogP contribution in [-0.4, -0.2) is 48.3 Å². The lowest BCUT2D eigenvalue weighted by Crippen LogP contribution is -2.42. The van der Waals surface area contributed by atoms with Crippen molar-refractivity contribution in [2.75, 3.05) is 32.8 Å². The summed E-state index contributed by atoms with van der Waals surface area (Å²) in [6.45, 7) is 3.27. The van der Waals surface area contributed by atoms with Crippen molar-refractivity contribution in [3.8, 4) is 0 Å². The Kier molecular flexibility index (Phi) is 6.59. The summed E-state index contributed by atoms with van der Waals surface area (Å²) >= 11 is 3.30. The second-order valence-corrected chi connectivity index (χ2v) is 5.41. The van der Waals surface area contributed by atoms with E-state index in [9.17, 15) is 4.79 Å². The number of morpholine rings is 1. The van der Waals surface area contributed by atoms with Gasteiger partial charge in [0.15, 0.2) is 0 Å². The summed E-state index contributed by atoms with van der Waals surface area (Å²) in [6, 6.07) is 9.89. The molecule has 1 saturated heterocycles. The van der Waals surface area contributed by atoms with Gasteiger partial charge >= 0.3 is 0 Å². The maximum atomic E-state index is 11.7. The third-order valence-corrected chi connectivity index (χ3v) is 3.41. The van der Waals surface area contributed by atoms with Gasteiger partial charge in [-0.1, -0.05) is 36.4 Å². The molecule has 1 aliphatic heterocycles. The van der Waals surface area contributed by atoms with Crippen molar-refractivity contribution >= 4 is 32.5 Å². The number of nitrogens with zero attached hydrogens (tertiary/aromatic N) is 2. The van der Waals surface area contributed by atoms with Crippen LogP contribution in [0, 0.1) is 0 Å². The van der Waals surface area contributed by atoms with Crippen molar-refractivity contribution in [1.82, 2.24) is 10.3 Å². The van der Waals surface area contributed by atoms with Crippen LogP contribution in [0.1, 0.15) is 5.56 Å². The predicted octanol–water partition coefficient (Wildman–Crippen LogP) is 1.86. The maximum Gasteiger partial charge on any atom is 0.254 e. The second-order valence-electron chi connectivity index (χ2n) is 4.60. The third-order valence-electron chi connectivity index (χ3n) is 2.97. The highest BCUT2D eigenvalue weighted by atomic mass is 79.9. The van der Waals surface area contributed by atoms with Gasteiger partial charge in [0.05, 0.1) is 19.8 Å². The lowest BCUT2D eigenvalue weighted by molar-refractivity contribution is -0.123. The summed E-state index contributed by atoms with van der Waals surface area (Å²) in [5.74, 6) is -0.123. The van der Waals surface area contributed by atoms with Gasteiger partial charge in [-0.15, -0.1) is 0 Å². The summed E-state index contributed by atoms with van der Waals surface area (Å²) in [6.07, 6.45) is 3.71. The fraction of sp³-hybridized carbons (Fsp3) is 0.333. The first-order valence-electron chi connectivity index (χ1n) is 6.79. The number of carbonyl (C=O) groups excluding carboxylic acids is 1. The molecule has 1 N–H and O–H groups in total. The number of allylic oxidation sites excluding steroid dienone is 1. The van der Waals surface area contributed by atoms with E-state index in [-0.39, 0.29) is 5.91 Å². The number of benzene rings is 1. The molecule has 0 aliphatic carbocycles. The van der Waals surface area contributed by atoms with E-state index in [0.29, 0.717) is 24.4 Å². The van der Waals surface area contributed by atoms with E-state index in [2.05, 4.69) is 26.5 Å². The molecule has 0 radical (unpaired) electrons. The number of nitrogens with one attached hydrogen (secondary N) is 1. The molecule has 1 fully saturated rings. The number of ether oxygens (including phenoxy) is 1. The van der Waals surface area contributed by atoms with Gasteiger partial charge in [-0.2, -0.15) is 5.10 Å². The molecule has 1 aromatic rings. The van der Waals surface area contributed by atoms with Crippen LogP contribution in [0.2, 0.25) is 0 Å². The third kappa shape index (κ3) is 6.20. The summed E-state index contributed by atoms with van der Waals surface area (Å²) in [5.41, 5.74) is 3.61. The lowest BCUT2D eigenvalue weighted by atomic mass is 10.2. The largest absolute Gasteiger partial charge is 0.379 e. The van der Waals surface area contributed by atoms with Crippen molar-refractivity contribution < 1.29 is 9.53 Å². The maximum absolute atomic E-state index is 11.7. The molecule has 0 aromatic heterocycles. The fourth-order valence-electron chi connectivity index (χ4n) is 1.88. The highest BCUT2D eigenvalue weighted by Gasteiger charge is 2.13. The molecule has 0 atom stereocenters. The minimum atomic E-state index is -0.123. The highest BCUT2D eigenvalue weighted by molar-refractivity contribution is 9.18. The number of hydrazone groups is 1. The standard InChI is InChI=1S/C15H18BrN3O2/c16-14(7-6-13-4-2-1-3-5-13)17-18-15(20)12-19-8-10-21-11-9-19/h1-7H,8-12H2,(H,18,20)/b7-6+,17-14+. The molecule has 0 spiro atoms. The zero-order valence-corrected chi connectivity index (χ0v) is 13.3. The molecule has 6 heteroatoms. The quantitative estimate of drug-likeness (QED) is 0.650. The van der Waals surface area contributed by atoms with E-state index in [0.717, 1.165) is 18.7 Å². The van der Waals surface area contributed by atoms with Crippen LogP contribution in [0.5, 0.6) is 0 Å². The first-order valence-corrected chi connectivity index (χ1v) is 7.58. The zero-order chi connectivity index (χ0) is 14.9. The van der Waals surface area contributed by atoms with E-state index >= 15 is 0 Å². The summed E-state index contributed by atoms with van der Waals surface area (Å²) in [4.78, 5) is 13.8. The van der Waals surface area contributed by atoms with Crippen molar-refractivity contribution in [2.24, 2.45) is 5.10 Å². The SMILES string of the molecule is O=C(CN1CCOCC1)N/N=C(Br)\C=C\c1ccccc1. The highest BCUT2D eigenvalue weighted by Crippen LogP contribution is 2.03. The van der Waals surface area contributed by atoms with Crippen molar-refractivity contribution in [3.05, 3.63) is 42.0 Å². The predicted molar refractivity (Wildman–Crippen MR) is 87.2 cm³/mol. The molecule has 1 amide bonds. The number of rotatable bonds is 5. The smallest absolute Gasteiger partial charge is 0.254 e. The van der Waals surface area contributed by atoms with E-state index in [1.807, 2.05) is 41.3 Å². The van der Waals surface area contributed by atoms with Gasteiger partial charge in [0, 0.05) is 13.1 Å². The number of amides is 1. The molecule has 0 unspecified atom stereocenters. The van der Waals surface area contributed by atoms with Gasteiger partial charge in [-0.25, -0.2) is 5.43 Å². The number of hydrogen-bond acceptors (Lipinski definition) is 4. The monoisotopic (exact) mass is 351 g/mol. The van der Waals surface area contributed by atoms with Gasteiger partial charge in [-0.05, 0) is 27.6 Å². The Morgan fingerprint density at radius 3 is 2.76 bits per heavy atom. The van der Waals surface area contributed by atoms with Crippen LogP contribution in [0.3, 0.4) is 0 Å². The molecule has 0 bridgehead atoms. The molecular weight excluding hydrogens is 334 g/mol. The fourth-order valence-corrected chi connectivity index (χ4v) is 2.10. The van der Waals surface area contributed by atoms with Crippen LogP contribution in [-0.2, 0) is 9.53 Å². The van der Waals surface area contributed by atoms with Crippen LogP contribution >= 0.6 is 15.9 Å². The van der Waals surface area contributed by atoms with Crippen LogP contribution in [0.25, 0.3) is 6.08 Å². The van der Waals surface area contributed by atoms with Crippen molar-refractivity contribution in [3.63, 3.8) is 0 Å². The van der Waals surface area contributed by atoms with Gasteiger partial charge in [0.2, 0.25) is 0 Å². The molecular formula is C15H18BrN3O2. The Morgan fingerprint density at radius 2 is 2.05 bits per heavy atom. The van der Waals surface area contributed by atoms with Gasteiger partial charge in [0.1, 0.15) is 4.62 Å². The van der Waals surface area contributed by atoms with Gasteiger partial charge in [-0.3, -0.25) is 9.69 Å². The van der Waals surface area contributed by atoms with Crippen LogP contribution < -0.4 is 5.43 Å². The Labute approximate surface area is 132 Å². The second kappa shape index (κ2) is 8.71. The number of hydrogen-bond donors (Lipinski definition) is 1. The van der Waals surface area contributed by atoms with Crippen LogP contribution in [0.15, 0.2) is 41.5 Å². The average molecular weight is 352 g/mol. The lowest BCUT2D eigenvalue weighted by Gasteiger charge is -2.25. The Morgan fingerprint density at radius 1 is 1.33 bits per heavy atom. The van der Waals surface area contributed by atoms with Gasteiger partial charge in [0.25, 0.3) is 5.91 Å². The number of carbonyl (C=O) groups is 1. The average Bonchev–Trinajstić information content (AvgIpc) is 2.53. The molecule has 5 nitrogen and oxygen atoms in total. The minimum Gasteiger partial charge on any atom is -0.379 e. The molecule has 21 heavy (non-hydrogen) atoms. The van der Waals surface area contributed by atoms with E-state index in [4.69, 9.17) is 4.74 Å². The van der Waals surface area contributed by atoms with Gasteiger partial charge < -0.3 is 4.74 Å². The molecule has 112 valence electrons. The molecule has 1 heterocycles.